The first-order valence-corrected chi connectivity index (χ1v) is 6.70. The third-order valence-electron chi connectivity index (χ3n) is 2.59. The van der Waals surface area contributed by atoms with E-state index in [1.54, 1.807) is 12.1 Å². The molecule has 5 heteroatoms. The molecule has 1 N–H and O–H groups in total. The predicted molar refractivity (Wildman–Crippen MR) is 74.3 cm³/mol. The Labute approximate surface area is 117 Å². The van der Waals surface area contributed by atoms with Crippen LogP contribution in [0.25, 0.3) is 0 Å². The van der Waals surface area contributed by atoms with Crippen molar-refractivity contribution in [1.29, 1.82) is 0 Å². The quantitative estimate of drug-likeness (QED) is 0.811. The topological polar surface area (TPSA) is 23.5 Å². The van der Waals surface area contributed by atoms with Crippen LogP contribution in [-0.2, 0) is 0 Å². The molecule has 1 rings (SSSR count). The second kappa shape index (κ2) is 7.45. The fourth-order valence-corrected chi connectivity index (χ4v) is 2.20. The van der Waals surface area contributed by atoms with Gasteiger partial charge in [0, 0.05) is 13.1 Å². The molecule has 0 radical (unpaired) electrons. The zero-order valence-electron chi connectivity index (χ0n) is 9.67. The lowest BCUT2D eigenvalue weighted by atomic mass is 10.1. The van der Waals surface area contributed by atoms with Crippen molar-refractivity contribution in [3.8, 4) is 0 Å². The molecule has 0 aliphatic carbocycles. The summed E-state index contributed by atoms with van der Waals surface area (Å²) in [7, 11) is 0. The molecule has 0 heterocycles. The summed E-state index contributed by atoms with van der Waals surface area (Å²) in [6.45, 7) is 4.33. The molecular weight excluding hydrogens is 280 g/mol. The Kier molecular flexibility index (Phi) is 6.60. The molecule has 1 aromatic carbocycles. The van der Waals surface area contributed by atoms with Gasteiger partial charge in [-0.15, -0.1) is 11.6 Å². The Hall–Kier alpha value is 0.01000. The Morgan fingerprint density at radius 3 is 2.53 bits per heavy atom. The van der Waals surface area contributed by atoms with Crippen molar-refractivity contribution in [3.05, 3.63) is 33.8 Å². The third kappa shape index (κ3) is 4.65. The molecule has 17 heavy (non-hydrogen) atoms. The SMILES string of the molecule is CCN(CCO)CC(Cl)c1ccc(Cl)c(Cl)c1. The van der Waals surface area contributed by atoms with Crippen LogP contribution >= 0.6 is 34.8 Å². The first kappa shape index (κ1) is 15.1. The highest BCUT2D eigenvalue weighted by atomic mass is 35.5. The minimum Gasteiger partial charge on any atom is -0.395 e. The molecular formula is C12H16Cl3NO. The second-order valence-corrected chi connectivity index (χ2v) is 5.10. The Morgan fingerprint density at radius 1 is 1.29 bits per heavy atom. The zero-order chi connectivity index (χ0) is 12.8. The molecule has 96 valence electrons. The van der Waals surface area contributed by atoms with Crippen molar-refractivity contribution < 1.29 is 5.11 Å². The van der Waals surface area contributed by atoms with Gasteiger partial charge in [-0.3, -0.25) is 4.90 Å². The predicted octanol–water partition coefficient (Wildman–Crippen LogP) is 3.59. The summed E-state index contributed by atoms with van der Waals surface area (Å²) < 4.78 is 0. The van der Waals surface area contributed by atoms with Crippen molar-refractivity contribution in [2.45, 2.75) is 12.3 Å². The highest BCUT2D eigenvalue weighted by Crippen LogP contribution is 2.28. The number of alkyl halides is 1. The number of rotatable bonds is 6. The fraction of sp³-hybridized carbons (Fsp3) is 0.500. The van der Waals surface area contributed by atoms with Crippen LogP contribution in [0.2, 0.25) is 10.0 Å². The number of halogens is 3. The number of nitrogens with zero attached hydrogens (tertiary/aromatic N) is 1. The van der Waals surface area contributed by atoms with Crippen LogP contribution < -0.4 is 0 Å². The van der Waals surface area contributed by atoms with Crippen LogP contribution in [0.4, 0.5) is 0 Å². The number of hydrogen-bond acceptors (Lipinski definition) is 2. The van der Waals surface area contributed by atoms with E-state index in [0.717, 1.165) is 12.1 Å². The van der Waals surface area contributed by atoms with Crippen LogP contribution in [0.15, 0.2) is 18.2 Å². The van der Waals surface area contributed by atoms with Gasteiger partial charge in [-0.25, -0.2) is 0 Å². The maximum atomic E-state index is 8.91. The van der Waals surface area contributed by atoms with Crippen molar-refractivity contribution in [1.82, 2.24) is 4.90 Å². The lowest BCUT2D eigenvalue weighted by molar-refractivity contribution is 0.202. The number of hydrogen-bond donors (Lipinski definition) is 1. The number of aliphatic hydroxyl groups excluding tert-OH is 1. The highest BCUT2D eigenvalue weighted by molar-refractivity contribution is 6.42. The largest absolute Gasteiger partial charge is 0.395 e. The van der Waals surface area contributed by atoms with Gasteiger partial charge in [0.2, 0.25) is 0 Å². The Balaban J connectivity index is 2.68. The van der Waals surface area contributed by atoms with E-state index in [0.29, 0.717) is 23.1 Å². The van der Waals surface area contributed by atoms with Gasteiger partial charge in [0.1, 0.15) is 0 Å². The molecule has 0 aliphatic rings. The molecule has 0 saturated heterocycles. The molecule has 1 atom stereocenters. The van der Waals surface area contributed by atoms with E-state index in [2.05, 4.69) is 4.90 Å². The lowest BCUT2D eigenvalue weighted by Crippen LogP contribution is -2.29. The lowest BCUT2D eigenvalue weighted by Gasteiger charge is -2.22. The molecule has 0 saturated carbocycles. The van der Waals surface area contributed by atoms with E-state index >= 15 is 0 Å². The first-order chi connectivity index (χ1) is 8.08. The van der Waals surface area contributed by atoms with Gasteiger partial charge >= 0.3 is 0 Å². The monoisotopic (exact) mass is 295 g/mol. The molecule has 1 aromatic rings. The van der Waals surface area contributed by atoms with E-state index in [1.807, 2.05) is 13.0 Å². The van der Waals surface area contributed by atoms with Gasteiger partial charge < -0.3 is 5.11 Å². The first-order valence-electron chi connectivity index (χ1n) is 5.50. The van der Waals surface area contributed by atoms with Crippen LogP contribution in [0.5, 0.6) is 0 Å². The van der Waals surface area contributed by atoms with Crippen molar-refractivity contribution in [2.75, 3.05) is 26.2 Å². The number of aliphatic hydroxyl groups is 1. The molecule has 1 unspecified atom stereocenters. The molecule has 2 nitrogen and oxygen atoms in total. The minimum atomic E-state index is -0.156. The van der Waals surface area contributed by atoms with Gasteiger partial charge in [-0.05, 0) is 24.2 Å². The summed E-state index contributed by atoms with van der Waals surface area (Å²) in [5.74, 6) is 0. The van der Waals surface area contributed by atoms with Crippen LogP contribution in [0, 0.1) is 0 Å². The van der Waals surface area contributed by atoms with Crippen LogP contribution in [-0.4, -0.2) is 36.2 Å². The van der Waals surface area contributed by atoms with Crippen LogP contribution in [0.3, 0.4) is 0 Å². The smallest absolute Gasteiger partial charge is 0.0712 e. The average Bonchev–Trinajstić information content (AvgIpc) is 2.31. The van der Waals surface area contributed by atoms with E-state index in [9.17, 15) is 0 Å². The normalized spacial score (nSPS) is 13.1. The summed E-state index contributed by atoms with van der Waals surface area (Å²) in [5, 5.41) is 9.80. The third-order valence-corrected chi connectivity index (χ3v) is 3.72. The standard InChI is InChI=1S/C12H16Cl3NO/c1-2-16(5-6-17)8-12(15)9-3-4-10(13)11(14)7-9/h3-4,7,12,17H,2,5-6,8H2,1H3. The van der Waals surface area contributed by atoms with E-state index in [4.69, 9.17) is 39.9 Å². The fourth-order valence-electron chi connectivity index (χ4n) is 1.56. The maximum absolute atomic E-state index is 8.91. The van der Waals surface area contributed by atoms with Gasteiger partial charge in [0.15, 0.2) is 0 Å². The molecule has 0 spiro atoms. The summed E-state index contributed by atoms with van der Waals surface area (Å²) in [6, 6.07) is 5.41. The molecule has 0 aliphatic heterocycles. The van der Waals surface area contributed by atoms with Crippen molar-refractivity contribution in [3.63, 3.8) is 0 Å². The molecule has 0 fully saturated rings. The van der Waals surface area contributed by atoms with Gasteiger partial charge in [0.05, 0.1) is 22.0 Å². The molecule has 0 aromatic heterocycles. The van der Waals surface area contributed by atoms with E-state index in [-0.39, 0.29) is 12.0 Å². The Bertz CT molecular complexity index is 360. The average molecular weight is 297 g/mol. The summed E-state index contributed by atoms with van der Waals surface area (Å²) in [4.78, 5) is 2.08. The summed E-state index contributed by atoms with van der Waals surface area (Å²) >= 11 is 18.1. The van der Waals surface area contributed by atoms with Crippen molar-refractivity contribution in [2.24, 2.45) is 0 Å². The minimum absolute atomic E-state index is 0.138. The summed E-state index contributed by atoms with van der Waals surface area (Å²) in [6.07, 6.45) is 0. The number of likely N-dealkylation sites (N-methyl/N-ethyl adjacent to an activating group) is 1. The van der Waals surface area contributed by atoms with Crippen LogP contribution in [0.1, 0.15) is 17.9 Å². The van der Waals surface area contributed by atoms with E-state index in [1.165, 1.54) is 0 Å². The maximum Gasteiger partial charge on any atom is 0.0712 e. The van der Waals surface area contributed by atoms with Gasteiger partial charge in [0.25, 0.3) is 0 Å². The van der Waals surface area contributed by atoms with Gasteiger partial charge in [-0.2, -0.15) is 0 Å². The molecule has 0 amide bonds. The second-order valence-electron chi connectivity index (χ2n) is 3.76. The van der Waals surface area contributed by atoms with E-state index < -0.39 is 0 Å². The zero-order valence-corrected chi connectivity index (χ0v) is 11.9. The Morgan fingerprint density at radius 2 is 2.00 bits per heavy atom. The van der Waals surface area contributed by atoms with Gasteiger partial charge in [-0.1, -0.05) is 36.2 Å². The molecule has 0 bridgehead atoms. The summed E-state index contributed by atoms with van der Waals surface area (Å²) in [5.41, 5.74) is 0.942. The highest BCUT2D eigenvalue weighted by Gasteiger charge is 2.13. The number of benzene rings is 1. The van der Waals surface area contributed by atoms with Crippen molar-refractivity contribution >= 4 is 34.8 Å².